The highest BCUT2D eigenvalue weighted by Gasteiger charge is 2.18. The molecule has 0 aliphatic carbocycles. The molecule has 0 spiro atoms. The van der Waals surface area contributed by atoms with Crippen molar-refractivity contribution < 1.29 is 22.7 Å². The van der Waals surface area contributed by atoms with Crippen LogP contribution in [0.3, 0.4) is 0 Å². The average Bonchev–Trinajstić information content (AvgIpc) is 2.87. The summed E-state index contributed by atoms with van der Waals surface area (Å²) in [5.41, 5.74) is 1.03. The molecule has 0 radical (unpaired) electrons. The number of halogens is 1. The zero-order valence-electron chi connectivity index (χ0n) is 12.6. The van der Waals surface area contributed by atoms with E-state index in [0.717, 1.165) is 6.26 Å². The third-order valence-electron chi connectivity index (χ3n) is 3.61. The highest BCUT2D eigenvalue weighted by atomic mass is 32.2. The normalized spacial score (nSPS) is 11.8. The lowest BCUT2D eigenvalue weighted by Crippen LogP contribution is -2.10. The Bertz CT molecular complexity index is 1040. The summed E-state index contributed by atoms with van der Waals surface area (Å²) < 4.78 is 37.7. The Morgan fingerprint density at radius 2 is 1.92 bits per heavy atom. The van der Waals surface area contributed by atoms with E-state index < -0.39 is 15.8 Å². The first-order valence-electron chi connectivity index (χ1n) is 6.93. The van der Waals surface area contributed by atoms with Crippen LogP contribution in [0.4, 0.5) is 4.39 Å². The minimum absolute atomic E-state index is 0.0193. The van der Waals surface area contributed by atoms with Crippen LogP contribution < -0.4 is 0 Å². The summed E-state index contributed by atoms with van der Waals surface area (Å²) in [6.45, 7) is 0.177. The number of carboxylic acids is 1. The van der Waals surface area contributed by atoms with E-state index in [1.54, 1.807) is 12.1 Å². The predicted molar refractivity (Wildman–Crippen MR) is 85.3 cm³/mol. The van der Waals surface area contributed by atoms with Crippen LogP contribution in [-0.2, 0) is 16.4 Å². The van der Waals surface area contributed by atoms with Crippen molar-refractivity contribution in [3.8, 4) is 0 Å². The van der Waals surface area contributed by atoms with Gasteiger partial charge in [-0.1, -0.05) is 12.1 Å². The molecule has 0 saturated heterocycles. The Morgan fingerprint density at radius 1 is 1.25 bits per heavy atom. The SMILES string of the molecule is CS(=O)(=O)c1cnc2c(c1)cc(C(=O)O)n2Cc1ccc(F)cc1. The summed E-state index contributed by atoms with van der Waals surface area (Å²) in [5.74, 6) is -1.54. The van der Waals surface area contributed by atoms with E-state index in [0.29, 0.717) is 16.6 Å². The Morgan fingerprint density at radius 3 is 2.50 bits per heavy atom. The van der Waals surface area contributed by atoms with Crippen molar-refractivity contribution >= 4 is 26.8 Å². The van der Waals surface area contributed by atoms with Gasteiger partial charge in [0, 0.05) is 24.4 Å². The highest BCUT2D eigenvalue weighted by Crippen LogP contribution is 2.22. The first-order chi connectivity index (χ1) is 11.3. The van der Waals surface area contributed by atoms with E-state index in [2.05, 4.69) is 4.98 Å². The molecule has 0 aliphatic heterocycles. The van der Waals surface area contributed by atoms with Crippen LogP contribution in [0.25, 0.3) is 11.0 Å². The second-order valence-corrected chi connectivity index (χ2v) is 7.42. The smallest absolute Gasteiger partial charge is 0.352 e. The second-order valence-electron chi connectivity index (χ2n) is 5.40. The Kier molecular flexibility index (Phi) is 3.84. The van der Waals surface area contributed by atoms with Gasteiger partial charge in [0.25, 0.3) is 0 Å². The zero-order valence-corrected chi connectivity index (χ0v) is 13.4. The Labute approximate surface area is 137 Å². The third kappa shape index (κ3) is 3.00. The minimum Gasteiger partial charge on any atom is -0.477 e. The monoisotopic (exact) mass is 348 g/mol. The number of pyridine rings is 1. The molecule has 1 aromatic carbocycles. The highest BCUT2D eigenvalue weighted by molar-refractivity contribution is 7.90. The molecule has 0 saturated carbocycles. The van der Waals surface area contributed by atoms with Gasteiger partial charge in [-0.2, -0.15) is 0 Å². The number of rotatable bonds is 4. The molecule has 1 N–H and O–H groups in total. The van der Waals surface area contributed by atoms with E-state index in [-0.39, 0.29) is 23.0 Å². The molecule has 8 heteroatoms. The van der Waals surface area contributed by atoms with Crippen LogP contribution in [0.15, 0.2) is 47.5 Å². The second kappa shape index (κ2) is 5.72. The van der Waals surface area contributed by atoms with Crippen LogP contribution in [0, 0.1) is 5.82 Å². The summed E-state index contributed by atoms with van der Waals surface area (Å²) in [5, 5.41) is 9.81. The molecule has 0 fully saturated rings. The van der Waals surface area contributed by atoms with Gasteiger partial charge in [-0.15, -0.1) is 0 Å². The molecule has 0 unspecified atom stereocenters. The lowest BCUT2D eigenvalue weighted by molar-refractivity contribution is 0.0686. The van der Waals surface area contributed by atoms with Crippen LogP contribution >= 0.6 is 0 Å². The molecule has 0 amide bonds. The van der Waals surface area contributed by atoms with E-state index in [1.165, 1.54) is 35.0 Å². The fraction of sp³-hybridized carbons (Fsp3) is 0.125. The van der Waals surface area contributed by atoms with Gasteiger partial charge in [-0.25, -0.2) is 22.6 Å². The van der Waals surface area contributed by atoms with Gasteiger partial charge in [0.15, 0.2) is 9.84 Å². The Balaban J connectivity index is 2.16. The lowest BCUT2D eigenvalue weighted by atomic mass is 10.2. The summed E-state index contributed by atoms with van der Waals surface area (Å²) in [6.07, 6.45) is 2.26. The van der Waals surface area contributed by atoms with Crippen molar-refractivity contribution in [2.45, 2.75) is 11.4 Å². The van der Waals surface area contributed by atoms with E-state index >= 15 is 0 Å². The maximum atomic E-state index is 13.0. The number of carboxylic acid groups (broad SMARTS) is 1. The fourth-order valence-corrected chi connectivity index (χ4v) is 3.02. The maximum absolute atomic E-state index is 13.0. The third-order valence-corrected chi connectivity index (χ3v) is 4.69. The summed E-state index contributed by atoms with van der Waals surface area (Å²) >= 11 is 0. The molecule has 0 bridgehead atoms. The number of carbonyl (C=O) groups is 1. The number of aromatic nitrogens is 2. The summed E-state index contributed by atoms with van der Waals surface area (Å²) in [4.78, 5) is 15.6. The largest absolute Gasteiger partial charge is 0.477 e. The predicted octanol–water partition coefficient (Wildman–Crippen LogP) is 2.33. The zero-order chi connectivity index (χ0) is 17.5. The van der Waals surface area contributed by atoms with Crippen LogP contribution in [0.1, 0.15) is 16.1 Å². The molecule has 124 valence electrons. The number of fused-ring (bicyclic) bond motifs is 1. The van der Waals surface area contributed by atoms with Crippen molar-refractivity contribution in [2.75, 3.05) is 6.26 Å². The molecule has 3 rings (SSSR count). The molecule has 3 aromatic rings. The Hall–Kier alpha value is -2.74. The van der Waals surface area contributed by atoms with Crippen LogP contribution in [0.5, 0.6) is 0 Å². The lowest BCUT2D eigenvalue weighted by Gasteiger charge is -2.08. The number of aromatic carboxylic acids is 1. The first-order valence-corrected chi connectivity index (χ1v) is 8.82. The average molecular weight is 348 g/mol. The fourth-order valence-electron chi connectivity index (χ4n) is 2.44. The number of sulfone groups is 1. The van der Waals surface area contributed by atoms with E-state index in [9.17, 15) is 22.7 Å². The van der Waals surface area contributed by atoms with Crippen LogP contribution in [0.2, 0.25) is 0 Å². The van der Waals surface area contributed by atoms with Crippen LogP contribution in [-0.4, -0.2) is 35.3 Å². The van der Waals surface area contributed by atoms with Gasteiger partial charge in [-0.05, 0) is 29.8 Å². The molecule has 2 aromatic heterocycles. The molecule has 24 heavy (non-hydrogen) atoms. The molecule has 0 atom stereocenters. The van der Waals surface area contributed by atoms with Gasteiger partial charge < -0.3 is 9.67 Å². The van der Waals surface area contributed by atoms with Crippen molar-refractivity contribution in [3.05, 3.63) is 59.7 Å². The molecular weight excluding hydrogens is 335 g/mol. The molecule has 6 nitrogen and oxygen atoms in total. The van der Waals surface area contributed by atoms with Crippen molar-refractivity contribution in [3.63, 3.8) is 0 Å². The van der Waals surface area contributed by atoms with Gasteiger partial charge in [0.05, 0.1) is 4.90 Å². The van der Waals surface area contributed by atoms with Gasteiger partial charge in [-0.3, -0.25) is 0 Å². The number of hydrogen-bond acceptors (Lipinski definition) is 4. The van der Waals surface area contributed by atoms with E-state index in [4.69, 9.17) is 0 Å². The van der Waals surface area contributed by atoms with Gasteiger partial charge in [0.2, 0.25) is 0 Å². The molecular formula is C16H13FN2O4S. The van der Waals surface area contributed by atoms with Gasteiger partial charge in [0.1, 0.15) is 17.2 Å². The standard InChI is InChI=1S/C16H13FN2O4S/c1-24(22,23)13-6-11-7-14(16(20)21)19(15(11)18-8-13)9-10-2-4-12(17)5-3-10/h2-8H,9H2,1H3,(H,20,21). The molecule has 0 aliphatic rings. The van der Waals surface area contributed by atoms with Crippen molar-refractivity contribution in [1.29, 1.82) is 0 Å². The van der Waals surface area contributed by atoms with Crippen molar-refractivity contribution in [1.82, 2.24) is 9.55 Å². The topological polar surface area (TPSA) is 89.3 Å². The number of benzene rings is 1. The first kappa shape index (κ1) is 16.1. The van der Waals surface area contributed by atoms with Gasteiger partial charge >= 0.3 is 5.97 Å². The maximum Gasteiger partial charge on any atom is 0.352 e. The molecule has 2 heterocycles. The van der Waals surface area contributed by atoms with Crippen molar-refractivity contribution in [2.24, 2.45) is 0 Å². The summed E-state index contributed by atoms with van der Waals surface area (Å²) in [7, 11) is -3.44. The van der Waals surface area contributed by atoms with E-state index in [1.807, 2.05) is 0 Å². The number of hydrogen-bond donors (Lipinski definition) is 1. The number of nitrogens with zero attached hydrogens (tertiary/aromatic N) is 2. The quantitative estimate of drug-likeness (QED) is 0.782. The minimum atomic E-state index is -3.44. The summed E-state index contributed by atoms with van der Waals surface area (Å²) in [6, 6.07) is 8.46.